The van der Waals surface area contributed by atoms with Gasteiger partial charge in [0.1, 0.15) is 5.01 Å². The summed E-state index contributed by atoms with van der Waals surface area (Å²) in [4.78, 5) is 16.5. The van der Waals surface area contributed by atoms with E-state index in [1.165, 1.54) is 0 Å². The van der Waals surface area contributed by atoms with Crippen LogP contribution in [0.2, 0.25) is 5.02 Å². The topological polar surface area (TPSA) is 42.0 Å². The third-order valence-corrected chi connectivity index (χ3v) is 4.94. The number of rotatable bonds is 5. The third kappa shape index (κ3) is 3.94. The summed E-state index contributed by atoms with van der Waals surface area (Å²) in [5.41, 5.74) is 2.94. The predicted molar refractivity (Wildman–Crippen MR) is 92.4 cm³/mol. The molecule has 0 bridgehead atoms. The molecule has 0 radical (unpaired) electrons. The summed E-state index contributed by atoms with van der Waals surface area (Å²) >= 11 is 9.04. The molecule has 112 valence electrons. The molecule has 1 amide bonds. The van der Waals surface area contributed by atoms with E-state index < -0.39 is 0 Å². The normalized spacial score (nSPS) is 10.6. The molecule has 0 saturated heterocycles. The molecule has 1 N–H and O–H groups in total. The number of nitrogens with zero attached hydrogens (tertiary/aromatic N) is 1. The van der Waals surface area contributed by atoms with Crippen molar-refractivity contribution < 1.29 is 4.79 Å². The fourth-order valence-electron chi connectivity index (χ4n) is 1.94. The molecule has 6 heteroatoms. The lowest BCUT2D eigenvalue weighted by molar-refractivity contribution is -0.120. The van der Waals surface area contributed by atoms with Crippen LogP contribution in [-0.2, 0) is 17.8 Å². The Kier molecular flexibility index (Phi) is 4.87. The van der Waals surface area contributed by atoms with Crippen molar-refractivity contribution in [3.8, 4) is 10.6 Å². The molecule has 22 heavy (non-hydrogen) atoms. The summed E-state index contributed by atoms with van der Waals surface area (Å²) in [7, 11) is 0. The highest BCUT2D eigenvalue weighted by Crippen LogP contribution is 2.25. The Morgan fingerprint density at radius 2 is 2.00 bits per heavy atom. The smallest absolute Gasteiger partial charge is 0.226 e. The summed E-state index contributed by atoms with van der Waals surface area (Å²) in [6.45, 7) is 0.498. The van der Waals surface area contributed by atoms with Crippen LogP contribution in [0.4, 0.5) is 0 Å². The van der Waals surface area contributed by atoms with Crippen LogP contribution < -0.4 is 5.32 Å². The molecule has 0 spiro atoms. The minimum Gasteiger partial charge on any atom is -0.352 e. The number of hydrogen-bond donors (Lipinski definition) is 1. The summed E-state index contributed by atoms with van der Waals surface area (Å²) in [6, 6.07) is 9.47. The number of nitrogens with one attached hydrogen (secondary N) is 1. The van der Waals surface area contributed by atoms with Crippen LogP contribution >= 0.6 is 34.3 Å². The highest BCUT2D eigenvalue weighted by Gasteiger charge is 2.09. The van der Waals surface area contributed by atoms with Crippen LogP contribution in [0.1, 0.15) is 11.3 Å². The number of carbonyl (C=O) groups excluding carboxylic acids is 1. The first-order valence-electron chi connectivity index (χ1n) is 6.69. The van der Waals surface area contributed by atoms with Gasteiger partial charge in [-0.15, -0.1) is 11.3 Å². The van der Waals surface area contributed by atoms with E-state index in [4.69, 9.17) is 11.6 Å². The Morgan fingerprint density at radius 3 is 2.73 bits per heavy atom. The van der Waals surface area contributed by atoms with Crippen molar-refractivity contribution in [3.63, 3.8) is 0 Å². The van der Waals surface area contributed by atoms with Crippen molar-refractivity contribution in [2.24, 2.45) is 0 Å². The molecule has 3 rings (SSSR count). The summed E-state index contributed by atoms with van der Waals surface area (Å²) in [5, 5.41) is 10.6. The van der Waals surface area contributed by atoms with Crippen LogP contribution in [0.25, 0.3) is 10.6 Å². The lowest BCUT2D eigenvalue weighted by atomic mass is 10.2. The number of halogens is 1. The summed E-state index contributed by atoms with van der Waals surface area (Å²) in [5.74, 6) is -0.0304. The molecule has 0 aliphatic carbocycles. The molecule has 3 nitrogen and oxygen atoms in total. The van der Waals surface area contributed by atoms with Crippen molar-refractivity contribution >= 4 is 40.2 Å². The second-order valence-corrected chi connectivity index (χ2v) is 6.81. The van der Waals surface area contributed by atoms with Gasteiger partial charge in [0.25, 0.3) is 0 Å². The van der Waals surface area contributed by atoms with Gasteiger partial charge in [-0.05, 0) is 29.1 Å². The van der Waals surface area contributed by atoms with Gasteiger partial charge in [-0.3, -0.25) is 4.79 Å². The Balaban J connectivity index is 1.54. The molecule has 0 unspecified atom stereocenters. The summed E-state index contributed by atoms with van der Waals surface area (Å²) in [6.07, 6.45) is 0.300. The van der Waals surface area contributed by atoms with Crippen LogP contribution in [0.15, 0.2) is 46.5 Å². The van der Waals surface area contributed by atoms with Crippen molar-refractivity contribution in [1.29, 1.82) is 0 Å². The average molecular weight is 349 g/mol. The minimum absolute atomic E-state index is 0.0304. The molecule has 3 aromatic rings. The van der Waals surface area contributed by atoms with Crippen LogP contribution in [-0.4, -0.2) is 10.9 Å². The fourth-order valence-corrected chi connectivity index (χ4v) is 3.59. The lowest BCUT2D eigenvalue weighted by Gasteiger charge is -2.04. The number of thiophene rings is 1. The highest BCUT2D eigenvalue weighted by molar-refractivity contribution is 7.14. The molecule has 0 atom stereocenters. The molecular weight excluding hydrogens is 336 g/mol. The minimum atomic E-state index is -0.0304. The van der Waals surface area contributed by atoms with Crippen molar-refractivity contribution in [1.82, 2.24) is 10.3 Å². The molecule has 0 saturated carbocycles. The zero-order valence-electron chi connectivity index (χ0n) is 11.6. The van der Waals surface area contributed by atoms with Gasteiger partial charge >= 0.3 is 0 Å². The van der Waals surface area contributed by atoms with Crippen LogP contribution in [0.3, 0.4) is 0 Å². The van der Waals surface area contributed by atoms with Gasteiger partial charge in [-0.1, -0.05) is 23.7 Å². The van der Waals surface area contributed by atoms with E-state index >= 15 is 0 Å². The maximum atomic E-state index is 12.0. The van der Waals surface area contributed by atoms with E-state index in [-0.39, 0.29) is 5.91 Å². The van der Waals surface area contributed by atoms with Gasteiger partial charge < -0.3 is 5.32 Å². The fraction of sp³-hybridized carbons (Fsp3) is 0.125. The van der Waals surface area contributed by atoms with E-state index in [0.29, 0.717) is 18.0 Å². The van der Waals surface area contributed by atoms with Gasteiger partial charge in [0.05, 0.1) is 12.1 Å². The van der Waals surface area contributed by atoms with Crippen molar-refractivity contribution in [3.05, 3.63) is 62.8 Å². The predicted octanol–water partition coefficient (Wildman–Crippen LogP) is 4.38. The number of amides is 1. The molecule has 0 aliphatic heterocycles. The average Bonchev–Trinajstić information content (AvgIpc) is 3.17. The van der Waals surface area contributed by atoms with Gasteiger partial charge in [0, 0.05) is 27.9 Å². The maximum absolute atomic E-state index is 12.0. The first kappa shape index (κ1) is 15.2. The molecule has 0 fully saturated rings. The first-order valence-corrected chi connectivity index (χ1v) is 8.89. The SMILES string of the molecule is O=C(Cc1csc(-c2ccsc2)n1)NCc1ccc(Cl)cc1. The van der Waals surface area contributed by atoms with Crippen LogP contribution in [0, 0.1) is 0 Å². The Hall–Kier alpha value is -1.69. The van der Waals surface area contributed by atoms with E-state index in [9.17, 15) is 4.79 Å². The van der Waals surface area contributed by atoms with Crippen molar-refractivity contribution in [2.75, 3.05) is 0 Å². The molecule has 1 aromatic carbocycles. The monoisotopic (exact) mass is 348 g/mol. The number of carbonyl (C=O) groups is 1. The molecular formula is C16H13ClN2OS2. The van der Waals surface area contributed by atoms with Gasteiger partial charge in [-0.25, -0.2) is 4.98 Å². The summed E-state index contributed by atoms with van der Waals surface area (Å²) < 4.78 is 0. The van der Waals surface area contributed by atoms with E-state index in [2.05, 4.69) is 15.7 Å². The number of benzene rings is 1. The van der Waals surface area contributed by atoms with E-state index in [1.807, 2.05) is 41.1 Å². The molecule has 0 aliphatic rings. The second kappa shape index (κ2) is 7.05. The quantitative estimate of drug-likeness (QED) is 0.743. The van der Waals surface area contributed by atoms with Gasteiger partial charge in [0.2, 0.25) is 5.91 Å². The lowest BCUT2D eigenvalue weighted by Crippen LogP contribution is -2.24. The van der Waals surface area contributed by atoms with Crippen molar-refractivity contribution in [2.45, 2.75) is 13.0 Å². The number of thiazole rings is 1. The third-order valence-electron chi connectivity index (χ3n) is 3.06. The Bertz CT molecular complexity index is 751. The highest BCUT2D eigenvalue weighted by atomic mass is 35.5. The van der Waals surface area contributed by atoms with Crippen LogP contribution in [0.5, 0.6) is 0 Å². The maximum Gasteiger partial charge on any atom is 0.226 e. The largest absolute Gasteiger partial charge is 0.352 e. The van der Waals surface area contributed by atoms with E-state index in [1.54, 1.807) is 22.7 Å². The number of hydrogen-bond acceptors (Lipinski definition) is 4. The molecule has 2 heterocycles. The van der Waals surface area contributed by atoms with E-state index in [0.717, 1.165) is 21.8 Å². The van der Waals surface area contributed by atoms with Gasteiger partial charge in [-0.2, -0.15) is 11.3 Å². The zero-order chi connectivity index (χ0) is 15.4. The number of aromatic nitrogens is 1. The second-order valence-electron chi connectivity index (χ2n) is 4.74. The zero-order valence-corrected chi connectivity index (χ0v) is 14.0. The first-order chi connectivity index (χ1) is 10.7. The molecule has 2 aromatic heterocycles. The standard InChI is InChI=1S/C16H13ClN2OS2/c17-13-3-1-11(2-4-13)8-18-15(20)7-14-10-22-16(19-14)12-5-6-21-9-12/h1-6,9-10H,7-8H2,(H,18,20). The van der Waals surface area contributed by atoms with Gasteiger partial charge in [0.15, 0.2) is 0 Å². The Morgan fingerprint density at radius 1 is 1.18 bits per heavy atom. The Labute approximate surface area is 141 Å².